The van der Waals surface area contributed by atoms with Crippen LogP contribution < -0.4 is 11.1 Å². The lowest BCUT2D eigenvalue weighted by Gasteiger charge is -2.44. The first-order valence-electron chi connectivity index (χ1n) is 12.7. The zero-order valence-corrected chi connectivity index (χ0v) is 25.7. The fourth-order valence-corrected chi connectivity index (χ4v) is 10.8. The van der Waals surface area contributed by atoms with Gasteiger partial charge < -0.3 is 30.3 Å². The third kappa shape index (κ3) is 4.36. The zero-order chi connectivity index (χ0) is 30.2. The summed E-state index contributed by atoms with van der Waals surface area (Å²) < 4.78 is 33.6. The van der Waals surface area contributed by atoms with Crippen LogP contribution in [0.3, 0.4) is 0 Å². The number of β-lactam (4-membered cyclic amide) rings is 2. The molecule has 2 unspecified atom stereocenters. The number of hydrogen-bond acceptors (Lipinski definition) is 11. The van der Waals surface area contributed by atoms with Gasteiger partial charge in [0.15, 0.2) is 15.2 Å². The Balaban J connectivity index is 1.19. The van der Waals surface area contributed by atoms with Crippen LogP contribution in [0, 0.1) is 0 Å². The number of amides is 3. The Morgan fingerprint density at radius 1 is 1.02 bits per heavy atom. The monoisotopic (exact) mass is 672 g/mol. The molecule has 5 rings (SSSR count). The molecule has 0 saturated carbocycles. The summed E-state index contributed by atoms with van der Waals surface area (Å²) >= 11 is 4.37. The molecule has 16 heteroatoms. The summed E-state index contributed by atoms with van der Waals surface area (Å²) in [6, 6.07) is 4.38. The highest BCUT2D eigenvalue weighted by Gasteiger charge is 2.72. The van der Waals surface area contributed by atoms with E-state index in [1.54, 1.807) is 44.2 Å². The Hall–Kier alpha value is -2.69. The van der Waals surface area contributed by atoms with Crippen LogP contribution in [0.2, 0.25) is 0 Å². The number of benzene rings is 1. The van der Waals surface area contributed by atoms with Gasteiger partial charge in [-0.1, -0.05) is 46.3 Å². The average Bonchev–Trinajstić information content (AvgIpc) is 3.26. The first-order valence-corrected chi connectivity index (χ1v) is 16.0. The molecule has 3 N–H and O–H groups in total. The molecule has 3 amide bonds. The fourth-order valence-electron chi connectivity index (χ4n) is 5.71. The highest BCUT2D eigenvalue weighted by Crippen LogP contribution is 2.51. The number of halogens is 1. The Bertz CT molecular complexity index is 1440. The summed E-state index contributed by atoms with van der Waals surface area (Å²) in [6.45, 7) is 5.32. The molecule has 0 aromatic heterocycles. The van der Waals surface area contributed by atoms with E-state index in [4.69, 9.17) is 15.2 Å². The number of nitrogens with one attached hydrogen (secondary N) is 1. The first kappa shape index (κ1) is 29.8. The van der Waals surface area contributed by atoms with E-state index in [0.29, 0.717) is 5.56 Å². The zero-order valence-electron chi connectivity index (χ0n) is 22.5. The van der Waals surface area contributed by atoms with Crippen LogP contribution in [-0.2, 0) is 43.3 Å². The molecule has 0 aliphatic carbocycles. The number of alkyl halides is 1. The number of hydrogen-bond donors (Lipinski definition) is 2. The second-order valence-electron chi connectivity index (χ2n) is 11.3. The molecule has 4 aliphatic rings. The molecule has 13 nitrogen and oxygen atoms in total. The standard InChI is InChI=1S/C25H29BrN4O9S2/c1-24(2)15(29-19(33)14(20(29)40-24)28-17(31)13(27)11-8-6-5-7-9-11)22(34)38-10-39-23(35)16-25(3,4)41(36,37)21-12(26)18(32)30(16)21/h5-9,12-16,20-21H,10,27H2,1-4H3,(H,28,31)/t12-,13?,14?,15-,16-,20+,21+/m0/s1. The van der Waals surface area contributed by atoms with Crippen LogP contribution in [-0.4, -0.2) is 97.9 Å². The number of carbonyl (C=O) groups excluding carboxylic acids is 5. The first-order chi connectivity index (χ1) is 19.0. The Morgan fingerprint density at radius 2 is 1.61 bits per heavy atom. The number of sulfone groups is 1. The molecular formula is C25H29BrN4O9S2. The van der Waals surface area contributed by atoms with E-state index in [9.17, 15) is 32.4 Å². The van der Waals surface area contributed by atoms with Crippen LogP contribution in [0.4, 0.5) is 0 Å². The SMILES string of the molecule is CC1(C)S[C@@H]2C(NC(=O)C(N)c3ccccc3)C(=O)N2[C@H]1C(=O)OCOC(=O)[C@@H]1N2C(=O)[C@H](Br)[C@H]2S(=O)(=O)C1(C)C. The predicted molar refractivity (Wildman–Crippen MR) is 149 cm³/mol. The van der Waals surface area contributed by atoms with E-state index in [-0.39, 0.29) is 0 Å². The number of thioether (sulfide) groups is 1. The van der Waals surface area contributed by atoms with E-state index in [1.165, 1.54) is 30.5 Å². The minimum absolute atomic E-state index is 0.481. The van der Waals surface area contributed by atoms with Crippen molar-refractivity contribution in [3.05, 3.63) is 35.9 Å². The van der Waals surface area contributed by atoms with Crippen molar-refractivity contribution in [2.75, 3.05) is 6.79 Å². The number of nitrogens with zero attached hydrogens (tertiary/aromatic N) is 2. The second-order valence-corrected chi connectivity index (χ2v) is 16.7. The predicted octanol–water partition coefficient (Wildman–Crippen LogP) is -0.215. The summed E-state index contributed by atoms with van der Waals surface area (Å²) in [6.07, 6.45) is 0. The van der Waals surface area contributed by atoms with E-state index in [1.807, 2.05) is 0 Å². The van der Waals surface area contributed by atoms with Crippen LogP contribution >= 0.6 is 27.7 Å². The Morgan fingerprint density at radius 3 is 2.22 bits per heavy atom. The van der Waals surface area contributed by atoms with Crippen molar-refractivity contribution in [2.24, 2.45) is 5.73 Å². The normalized spacial score (nSPS) is 32.6. The molecule has 222 valence electrons. The van der Waals surface area contributed by atoms with Gasteiger partial charge in [0.25, 0.3) is 0 Å². The molecule has 1 aromatic carbocycles. The minimum Gasteiger partial charge on any atom is -0.426 e. The largest absolute Gasteiger partial charge is 0.426 e. The lowest BCUT2D eigenvalue weighted by Crippen LogP contribution is -2.71. The Labute approximate surface area is 248 Å². The summed E-state index contributed by atoms with van der Waals surface area (Å²) in [7, 11) is -3.89. The van der Waals surface area contributed by atoms with Gasteiger partial charge in [0, 0.05) is 4.75 Å². The van der Waals surface area contributed by atoms with Crippen molar-refractivity contribution in [1.29, 1.82) is 0 Å². The van der Waals surface area contributed by atoms with Crippen molar-refractivity contribution in [3.63, 3.8) is 0 Å². The number of fused-ring (bicyclic) bond motifs is 2. The fraction of sp³-hybridized carbons (Fsp3) is 0.560. The van der Waals surface area contributed by atoms with Crippen molar-refractivity contribution in [2.45, 2.75) is 76.9 Å². The van der Waals surface area contributed by atoms with Gasteiger partial charge >= 0.3 is 11.9 Å². The van der Waals surface area contributed by atoms with E-state index in [0.717, 1.165) is 4.90 Å². The second kappa shape index (κ2) is 9.95. The van der Waals surface area contributed by atoms with Crippen LogP contribution in [0.15, 0.2) is 30.3 Å². The van der Waals surface area contributed by atoms with E-state index >= 15 is 0 Å². The maximum atomic E-state index is 13.1. The van der Waals surface area contributed by atoms with Crippen molar-refractivity contribution >= 4 is 67.2 Å². The van der Waals surface area contributed by atoms with E-state index in [2.05, 4.69) is 21.2 Å². The summed E-state index contributed by atoms with van der Waals surface area (Å²) in [5.41, 5.74) is 6.64. The summed E-state index contributed by atoms with van der Waals surface area (Å²) in [5.74, 6) is -3.44. The highest BCUT2D eigenvalue weighted by molar-refractivity contribution is 9.10. The minimum atomic E-state index is -3.89. The van der Waals surface area contributed by atoms with Crippen molar-refractivity contribution in [3.8, 4) is 0 Å². The van der Waals surface area contributed by atoms with Crippen LogP contribution in [0.1, 0.15) is 39.3 Å². The number of carbonyl (C=O) groups is 5. The highest BCUT2D eigenvalue weighted by atomic mass is 79.9. The molecule has 41 heavy (non-hydrogen) atoms. The molecule has 0 bridgehead atoms. The number of nitrogens with two attached hydrogens (primary N) is 1. The van der Waals surface area contributed by atoms with Gasteiger partial charge in [0.2, 0.25) is 24.5 Å². The van der Waals surface area contributed by atoms with Gasteiger partial charge in [-0.15, -0.1) is 11.8 Å². The lowest BCUT2D eigenvalue weighted by atomic mass is 9.95. The molecule has 7 atom stereocenters. The molecular weight excluding hydrogens is 644 g/mol. The van der Waals surface area contributed by atoms with Gasteiger partial charge in [-0.25, -0.2) is 18.0 Å². The van der Waals surface area contributed by atoms with Gasteiger partial charge in [0.1, 0.15) is 39.1 Å². The molecule has 1 aromatic rings. The quantitative estimate of drug-likeness (QED) is 0.169. The van der Waals surface area contributed by atoms with Gasteiger partial charge in [-0.2, -0.15) is 0 Å². The van der Waals surface area contributed by atoms with E-state index < -0.39 is 95.5 Å². The average molecular weight is 674 g/mol. The molecule has 4 saturated heterocycles. The van der Waals surface area contributed by atoms with Gasteiger partial charge in [0.05, 0.1) is 0 Å². The molecule has 4 fully saturated rings. The topological polar surface area (TPSA) is 182 Å². The lowest BCUT2D eigenvalue weighted by molar-refractivity contribution is -0.181. The molecule has 0 spiro atoms. The third-order valence-electron chi connectivity index (χ3n) is 8.03. The number of rotatable bonds is 7. The number of ether oxygens (including phenoxy) is 2. The van der Waals surface area contributed by atoms with Gasteiger partial charge in [-0.05, 0) is 33.3 Å². The maximum Gasteiger partial charge on any atom is 0.333 e. The summed E-state index contributed by atoms with van der Waals surface area (Å²) in [4.78, 5) is 65.4. The van der Waals surface area contributed by atoms with Gasteiger partial charge in [-0.3, -0.25) is 14.4 Å². The third-order valence-corrected chi connectivity index (χ3v) is 13.7. The number of esters is 2. The van der Waals surface area contributed by atoms with Crippen molar-refractivity contribution < 1.29 is 41.9 Å². The Kier molecular flexibility index (Phi) is 7.23. The van der Waals surface area contributed by atoms with Crippen LogP contribution in [0.25, 0.3) is 0 Å². The smallest absolute Gasteiger partial charge is 0.333 e. The molecule has 4 aliphatic heterocycles. The molecule has 0 radical (unpaired) electrons. The summed E-state index contributed by atoms with van der Waals surface area (Å²) in [5, 5.41) is 0.945. The van der Waals surface area contributed by atoms with Crippen LogP contribution in [0.5, 0.6) is 0 Å². The molecule has 4 heterocycles. The maximum absolute atomic E-state index is 13.1. The van der Waals surface area contributed by atoms with Crippen molar-refractivity contribution in [1.82, 2.24) is 15.1 Å².